The molecule has 5 heterocycles. The maximum absolute atomic E-state index is 13.1. The first-order valence-corrected chi connectivity index (χ1v) is 13.9. The van der Waals surface area contributed by atoms with E-state index in [-0.39, 0.29) is 56.1 Å². The predicted molar refractivity (Wildman–Crippen MR) is 172 cm³/mol. The van der Waals surface area contributed by atoms with Crippen LogP contribution in [0, 0.1) is 0 Å². The number of phenolic OH excluding ortho intramolecular Hbond substituents is 1. The van der Waals surface area contributed by atoms with Crippen LogP contribution in [0.25, 0.3) is 68.6 Å². The van der Waals surface area contributed by atoms with Crippen LogP contribution < -0.4 is 0 Å². The fourth-order valence-electron chi connectivity index (χ4n) is 5.81. The van der Waals surface area contributed by atoms with Gasteiger partial charge in [-0.2, -0.15) is 0 Å². The third kappa shape index (κ3) is 4.68. The smallest absolute Gasteiger partial charge is 0.340 e. The lowest BCUT2D eigenvalue weighted by Crippen LogP contribution is -2.03. The number of aromatic amines is 2. The van der Waals surface area contributed by atoms with Crippen molar-refractivity contribution in [1.29, 1.82) is 0 Å². The highest BCUT2D eigenvalue weighted by molar-refractivity contribution is 6.12. The van der Waals surface area contributed by atoms with E-state index in [2.05, 4.69) is 19.9 Å². The average Bonchev–Trinajstić information content (AvgIpc) is 3.82. The second kappa shape index (κ2) is 10.8. The van der Waals surface area contributed by atoms with E-state index in [0.717, 1.165) is 0 Å². The number of carboxylic acid groups (broad SMARTS) is 3. The molecule has 0 radical (unpaired) electrons. The van der Waals surface area contributed by atoms with Crippen molar-refractivity contribution >= 4 is 64.3 Å². The van der Waals surface area contributed by atoms with Crippen molar-refractivity contribution in [3.8, 4) is 28.0 Å². The van der Waals surface area contributed by atoms with Gasteiger partial charge in [-0.15, -0.1) is 0 Å². The van der Waals surface area contributed by atoms with Crippen molar-refractivity contribution in [3.05, 3.63) is 112 Å². The lowest BCUT2D eigenvalue weighted by Gasteiger charge is -2.08. The lowest BCUT2D eigenvalue weighted by atomic mass is 9.94. The number of fused-ring (bicyclic) bond motifs is 8. The fraction of sp³-hybridized carbons (Fsp3) is 0. The van der Waals surface area contributed by atoms with Crippen LogP contribution in [0.1, 0.15) is 53.8 Å². The molecule has 11 heteroatoms. The molecule has 0 fully saturated rings. The number of H-pyrrole nitrogens is 2. The molecule has 11 nitrogen and oxygen atoms in total. The number of hydrogen-bond acceptors (Lipinski definition) is 6. The highest BCUT2D eigenvalue weighted by Crippen LogP contribution is 2.42. The van der Waals surface area contributed by atoms with Gasteiger partial charge >= 0.3 is 17.9 Å². The van der Waals surface area contributed by atoms with Crippen molar-refractivity contribution in [2.24, 2.45) is 0 Å². The molecule has 0 saturated heterocycles. The summed E-state index contributed by atoms with van der Waals surface area (Å²) in [5.41, 5.74) is 2.86. The zero-order valence-corrected chi connectivity index (χ0v) is 23.6. The first kappa shape index (κ1) is 28.0. The first-order valence-electron chi connectivity index (χ1n) is 13.9. The van der Waals surface area contributed by atoms with Gasteiger partial charge in [0.05, 0.1) is 39.3 Å². The molecular formula is C35H22N4O7. The van der Waals surface area contributed by atoms with E-state index in [9.17, 15) is 34.8 Å². The summed E-state index contributed by atoms with van der Waals surface area (Å²) in [6.07, 6.45) is 5.98. The standard InChI is InChI=1S/C35H22N4O7/c40-20-8-4-7-18(15-20)27-26-16-19-9-10-21(36-19)29(33(41)42)22-11-12-23(37-22)30(34(43)44)24-13-14-25(38-24)31(35(45)46)32(39-26)28(27)17-5-2-1-3-6-17/h1-16,37,39-40H,(H,41,42)(H,43,44)(H,45,46). The molecule has 0 spiro atoms. The van der Waals surface area contributed by atoms with E-state index in [1.54, 1.807) is 30.3 Å². The summed E-state index contributed by atoms with van der Waals surface area (Å²) in [7, 11) is 0. The van der Waals surface area contributed by atoms with Crippen LogP contribution in [0.3, 0.4) is 0 Å². The molecule has 7 rings (SSSR count). The van der Waals surface area contributed by atoms with Crippen molar-refractivity contribution < 1.29 is 34.8 Å². The molecule has 5 aromatic rings. The van der Waals surface area contributed by atoms with Gasteiger partial charge in [-0.05, 0) is 65.8 Å². The van der Waals surface area contributed by atoms with Gasteiger partial charge in [-0.3, -0.25) is 0 Å². The van der Waals surface area contributed by atoms with E-state index in [4.69, 9.17) is 0 Å². The van der Waals surface area contributed by atoms with Gasteiger partial charge in [-0.1, -0.05) is 42.5 Å². The number of nitrogens with one attached hydrogen (secondary N) is 2. The van der Waals surface area contributed by atoms with E-state index in [1.165, 1.54) is 36.4 Å². The topological polar surface area (TPSA) is 189 Å². The SMILES string of the molecule is O=C(O)c1c2nc(cc3[nH]c(c(C(=O)O)c4nc(c(C(=O)O)c5ccc1[nH]5)C=C4)c(-c1ccccc1)c3-c1cccc(O)c1)C=C2. The Morgan fingerprint density at radius 1 is 0.543 bits per heavy atom. The zero-order valence-electron chi connectivity index (χ0n) is 23.6. The zero-order chi connectivity index (χ0) is 32.1. The van der Waals surface area contributed by atoms with Gasteiger partial charge in [0.15, 0.2) is 0 Å². The van der Waals surface area contributed by atoms with Crippen molar-refractivity contribution in [3.63, 3.8) is 0 Å². The minimum absolute atomic E-state index is 0.000858. The summed E-state index contributed by atoms with van der Waals surface area (Å²) in [6.45, 7) is 0. The van der Waals surface area contributed by atoms with Crippen molar-refractivity contribution in [2.45, 2.75) is 0 Å². The van der Waals surface area contributed by atoms with E-state index >= 15 is 0 Å². The monoisotopic (exact) mass is 610 g/mol. The van der Waals surface area contributed by atoms with E-state index < -0.39 is 17.9 Å². The van der Waals surface area contributed by atoms with Crippen molar-refractivity contribution in [2.75, 3.05) is 0 Å². The molecule has 6 N–H and O–H groups in total. The molecule has 46 heavy (non-hydrogen) atoms. The van der Waals surface area contributed by atoms with Crippen LogP contribution in [0.15, 0.2) is 72.8 Å². The van der Waals surface area contributed by atoms with Gasteiger partial charge in [0.1, 0.15) is 22.4 Å². The van der Waals surface area contributed by atoms with Crippen LogP contribution in [0.5, 0.6) is 5.75 Å². The Morgan fingerprint density at radius 2 is 1.13 bits per heavy atom. The van der Waals surface area contributed by atoms with Crippen LogP contribution in [-0.2, 0) is 0 Å². The Morgan fingerprint density at radius 3 is 1.76 bits per heavy atom. The predicted octanol–water partition coefficient (Wildman–Crippen LogP) is 6.79. The second-order valence-electron chi connectivity index (χ2n) is 10.5. The number of benzene rings is 2. The molecule has 2 aromatic carbocycles. The summed E-state index contributed by atoms with van der Waals surface area (Å²) in [5, 5.41) is 41.4. The second-order valence-corrected chi connectivity index (χ2v) is 10.5. The summed E-state index contributed by atoms with van der Waals surface area (Å²) in [4.78, 5) is 53.2. The molecular weight excluding hydrogens is 588 g/mol. The lowest BCUT2D eigenvalue weighted by molar-refractivity contribution is 0.0687. The molecule has 0 saturated carbocycles. The quantitative estimate of drug-likeness (QED) is 0.122. The average molecular weight is 611 g/mol. The number of phenols is 1. The maximum Gasteiger partial charge on any atom is 0.340 e. The first-order chi connectivity index (χ1) is 22.2. The minimum Gasteiger partial charge on any atom is -0.508 e. The number of carbonyl (C=O) groups is 3. The fourth-order valence-corrected chi connectivity index (χ4v) is 5.81. The molecule has 3 aromatic heterocycles. The normalized spacial score (nSPS) is 11.9. The molecule has 0 aliphatic carbocycles. The molecule has 0 unspecified atom stereocenters. The Bertz CT molecular complexity index is 2370. The number of aromatic carboxylic acids is 3. The van der Waals surface area contributed by atoms with Gasteiger partial charge in [0.25, 0.3) is 0 Å². The molecule has 0 atom stereocenters. The van der Waals surface area contributed by atoms with E-state index in [0.29, 0.717) is 33.5 Å². The highest BCUT2D eigenvalue weighted by Gasteiger charge is 2.25. The minimum atomic E-state index is -1.35. The Labute approximate surface area is 259 Å². The number of aromatic hydroxyl groups is 1. The number of carboxylic acids is 3. The Hall–Kier alpha value is -6.75. The van der Waals surface area contributed by atoms with Crippen LogP contribution in [0.2, 0.25) is 0 Å². The van der Waals surface area contributed by atoms with Gasteiger partial charge in [0, 0.05) is 16.6 Å². The maximum atomic E-state index is 13.1. The highest BCUT2D eigenvalue weighted by atomic mass is 16.4. The third-order valence-electron chi connectivity index (χ3n) is 7.70. The van der Waals surface area contributed by atoms with Gasteiger partial charge in [-0.25, -0.2) is 24.4 Å². The summed E-state index contributed by atoms with van der Waals surface area (Å²) in [5.74, 6) is -3.95. The largest absolute Gasteiger partial charge is 0.508 e. The van der Waals surface area contributed by atoms with Crippen LogP contribution >= 0.6 is 0 Å². The molecule has 2 aliphatic rings. The summed E-state index contributed by atoms with van der Waals surface area (Å²) in [6, 6.07) is 20.1. The molecule has 224 valence electrons. The van der Waals surface area contributed by atoms with Crippen LogP contribution in [-0.4, -0.2) is 58.3 Å². The summed E-state index contributed by atoms with van der Waals surface area (Å²) < 4.78 is 0. The van der Waals surface area contributed by atoms with E-state index in [1.807, 2.05) is 30.3 Å². The number of nitrogens with zero attached hydrogens (tertiary/aromatic N) is 2. The van der Waals surface area contributed by atoms with Crippen LogP contribution in [0.4, 0.5) is 0 Å². The number of rotatable bonds is 5. The Balaban J connectivity index is 1.77. The van der Waals surface area contributed by atoms with Gasteiger partial charge < -0.3 is 30.4 Å². The van der Waals surface area contributed by atoms with Crippen molar-refractivity contribution in [1.82, 2.24) is 19.9 Å². The molecule has 0 amide bonds. The van der Waals surface area contributed by atoms with Gasteiger partial charge in [0.2, 0.25) is 0 Å². The molecule has 8 bridgehead atoms. The Kier molecular flexibility index (Phi) is 6.56. The molecule has 2 aliphatic heterocycles. The third-order valence-corrected chi connectivity index (χ3v) is 7.70. The number of aromatic nitrogens is 4. The number of hydrogen-bond donors (Lipinski definition) is 6. The summed E-state index contributed by atoms with van der Waals surface area (Å²) >= 11 is 0.